The van der Waals surface area contributed by atoms with E-state index >= 15 is 0 Å². The fraction of sp³-hybridized carbons (Fsp3) is 0.786. The number of esters is 1. The Hall–Kier alpha value is 0.0400. The van der Waals surface area contributed by atoms with Gasteiger partial charge in [-0.05, 0) is 37.5 Å². The van der Waals surface area contributed by atoms with Crippen LogP contribution in [0.4, 0.5) is 0 Å². The van der Waals surface area contributed by atoms with Gasteiger partial charge < -0.3 is 4.74 Å². The van der Waals surface area contributed by atoms with Crippen LogP contribution in [0.2, 0.25) is 0 Å². The van der Waals surface area contributed by atoms with Crippen LogP contribution in [0.25, 0.3) is 0 Å². The first-order chi connectivity index (χ1) is 8.66. The van der Waals surface area contributed by atoms with Gasteiger partial charge in [0.25, 0.3) is 0 Å². The molecule has 0 aromatic carbocycles. The van der Waals surface area contributed by atoms with E-state index in [1.54, 1.807) is 0 Å². The van der Waals surface area contributed by atoms with Gasteiger partial charge >= 0.3 is 5.97 Å². The Labute approximate surface area is 121 Å². The molecule has 0 saturated heterocycles. The summed E-state index contributed by atoms with van der Waals surface area (Å²) in [4.78, 5) is 11.9. The van der Waals surface area contributed by atoms with Crippen LogP contribution >= 0.6 is 27.7 Å². The Morgan fingerprint density at radius 1 is 1.39 bits per heavy atom. The monoisotopic (exact) mass is 330 g/mol. The molecular weight excluding hydrogens is 312 g/mol. The number of hydrogen-bond acceptors (Lipinski definition) is 3. The van der Waals surface area contributed by atoms with E-state index in [2.05, 4.69) is 21.3 Å². The fourth-order valence-corrected chi connectivity index (χ4v) is 6.20. The predicted octanol–water partition coefficient (Wildman–Crippen LogP) is 4.10. The topological polar surface area (TPSA) is 26.3 Å². The first-order valence-electron chi connectivity index (χ1n) is 6.85. The zero-order valence-corrected chi connectivity index (χ0v) is 13.0. The van der Waals surface area contributed by atoms with Crippen molar-refractivity contribution in [1.82, 2.24) is 0 Å². The zero-order chi connectivity index (χ0) is 12.7. The summed E-state index contributed by atoms with van der Waals surface area (Å²) in [5.74, 6) is 2.74. The third-order valence-electron chi connectivity index (χ3n) is 4.62. The predicted molar refractivity (Wildman–Crippen MR) is 77.5 cm³/mol. The highest BCUT2D eigenvalue weighted by atomic mass is 79.9. The maximum Gasteiger partial charge on any atom is 0.307 e. The molecule has 0 bridgehead atoms. The van der Waals surface area contributed by atoms with Crippen molar-refractivity contribution in [2.75, 3.05) is 0 Å². The van der Waals surface area contributed by atoms with E-state index in [0.29, 0.717) is 16.7 Å². The second-order valence-electron chi connectivity index (χ2n) is 5.66. The molecule has 2 fully saturated rings. The van der Waals surface area contributed by atoms with Crippen LogP contribution in [0, 0.1) is 17.8 Å². The number of allylic oxidation sites excluding steroid dienone is 1. The summed E-state index contributed by atoms with van der Waals surface area (Å²) in [5.41, 5.74) is 0. The van der Waals surface area contributed by atoms with E-state index < -0.39 is 0 Å². The molecule has 4 heteroatoms. The molecule has 1 aliphatic heterocycles. The molecule has 2 saturated carbocycles. The maximum atomic E-state index is 11.2. The molecule has 0 aromatic heterocycles. The summed E-state index contributed by atoms with van der Waals surface area (Å²) in [6.07, 6.45) is 6.38. The Balaban J connectivity index is 1.86. The Kier molecular flexibility index (Phi) is 3.77. The third kappa shape index (κ3) is 2.26. The van der Waals surface area contributed by atoms with Gasteiger partial charge in [-0.2, -0.15) is 0 Å². The van der Waals surface area contributed by atoms with E-state index in [1.165, 1.54) is 39.0 Å². The first kappa shape index (κ1) is 13.0. The smallest absolute Gasteiger partial charge is 0.307 e. The first-order valence-corrected chi connectivity index (χ1v) is 8.70. The SMILES string of the molecule is CC(=O)OC1=CSC2CCC(Br)C3CCCC1C23. The highest BCUT2D eigenvalue weighted by Crippen LogP contribution is 2.55. The third-order valence-corrected chi connectivity index (χ3v) is 7.02. The molecule has 5 unspecified atom stereocenters. The van der Waals surface area contributed by atoms with Gasteiger partial charge in [0.05, 0.1) is 0 Å². The van der Waals surface area contributed by atoms with Crippen molar-refractivity contribution in [3.8, 4) is 0 Å². The number of halogens is 1. The lowest BCUT2D eigenvalue weighted by Crippen LogP contribution is -2.46. The highest BCUT2D eigenvalue weighted by Gasteiger charge is 2.48. The lowest BCUT2D eigenvalue weighted by atomic mass is 9.64. The van der Waals surface area contributed by atoms with Gasteiger partial charge in [-0.3, -0.25) is 4.79 Å². The van der Waals surface area contributed by atoms with Gasteiger partial charge in [-0.15, -0.1) is 11.8 Å². The number of hydrogen-bond donors (Lipinski definition) is 0. The molecule has 0 aromatic rings. The van der Waals surface area contributed by atoms with Crippen LogP contribution in [0.15, 0.2) is 11.2 Å². The summed E-state index contributed by atoms with van der Waals surface area (Å²) < 4.78 is 5.45. The number of carbonyl (C=O) groups is 1. The molecule has 0 spiro atoms. The summed E-state index contributed by atoms with van der Waals surface area (Å²) in [5, 5.41) is 2.86. The highest BCUT2D eigenvalue weighted by molar-refractivity contribution is 9.09. The number of carbonyl (C=O) groups excluding carboxylic acids is 1. The molecular formula is C14H19BrO2S. The number of ether oxygens (including phenoxy) is 1. The van der Waals surface area contributed by atoms with Gasteiger partial charge in [0.15, 0.2) is 0 Å². The molecule has 0 N–H and O–H groups in total. The van der Waals surface area contributed by atoms with Crippen LogP contribution in [0.5, 0.6) is 0 Å². The molecule has 2 aliphatic carbocycles. The second-order valence-corrected chi connectivity index (χ2v) is 7.95. The standard InChI is InChI=1S/C14H19BrO2S/c1-8(16)17-12-7-18-13-6-5-11(15)9-3-2-4-10(12)14(9)13/h7,9-11,13-14H,2-6H2,1H3. The molecule has 2 nitrogen and oxygen atoms in total. The molecule has 0 radical (unpaired) electrons. The van der Waals surface area contributed by atoms with Crippen molar-refractivity contribution in [2.45, 2.75) is 49.1 Å². The van der Waals surface area contributed by atoms with Crippen molar-refractivity contribution in [1.29, 1.82) is 0 Å². The Bertz CT molecular complexity index is 382. The van der Waals surface area contributed by atoms with Gasteiger partial charge in [0.2, 0.25) is 0 Å². The van der Waals surface area contributed by atoms with Crippen molar-refractivity contribution < 1.29 is 9.53 Å². The van der Waals surface area contributed by atoms with Gasteiger partial charge in [0, 0.05) is 28.3 Å². The molecule has 100 valence electrons. The van der Waals surface area contributed by atoms with E-state index in [1.807, 2.05) is 11.8 Å². The minimum Gasteiger partial charge on any atom is -0.430 e. The fourth-order valence-electron chi connectivity index (χ4n) is 3.94. The number of rotatable bonds is 1. The van der Waals surface area contributed by atoms with Crippen LogP contribution < -0.4 is 0 Å². The van der Waals surface area contributed by atoms with Crippen molar-refractivity contribution in [3.05, 3.63) is 11.2 Å². The zero-order valence-electron chi connectivity index (χ0n) is 10.6. The average molecular weight is 331 g/mol. The van der Waals surface area contributed by atoms with Gasteiger partial charge in [-0.1, -0.05) is 22.4 Å². The molecule has 5 atom stereocenters. The second kappa shape index (κ2) is 5.20. The average Bonchev–Trinajstić information content (AvgIpc) is 2.35. The van der Waals surface area contributed by atoms with Crippen LogP contribution in [-0.2, 0) is 9.53 Å². The molecule has 1 heterocycles. The van der Waals surface area contributed by atoms with Gasteiger partial charge in [-0.25, -0.2) is 0 Å². The molecule has 18 heavy (non-hydrogen) atoms. The van der Waals surface area contributed by atoms with E-state index in [9.17, 15) is 4.79 Å². The minimum absolute atomic E-state index is 0.173. The van der Waals surface area contributed by atoms with Crippen LogP contribution in [0.3, 0.4) is 0 Å². The normalized spacial score (nSPS) is 42.8. The van der Waals surface area contributed by atoms with Crippen molar-refractivity contribution in [3.63, 3.8) is 0 Å². The Morgan fingerprint density at radius 3 is 3.00 bits per heavy atom. The van der Waals surface area contributed by atoms with Crippen molar-refractivity contribution in [2.24, 2.45) is 17.8 Å². The summed E-state index contributed by atoms with van der Waals surface area (Å²) in [6.45, 7) is 1.51. The minimum atomic E-state index is -0.173. The Morgan fingerprint density at radius 2 is 2.22 bits per heavy atom. The summed E-state index contributed by atoms with van der Waals surface area (Å²) >= 11 is 5.77. The van der Waals surface area contributed by atoms with E-state index in [-0.39, 0.29) is 5.97 Å². The largest absolute Gasteiger partial charge is 0.430 e. The molecule has 0 amide bonds. The van der Waals surface area contributed by atoms with E-state index in [0.717, 1.165) is 16.9 Å². The maximum absolute atomic E-state index is 11.2. The number of thioether (sulfide) groups is 1. The lowest BCUT2D eigenvalue weighted by molar-refractivity contribution is -0.138. The number of alkyl halides is 1. The molecule has 3 rings (SSSR count). The lowest BCUT2D eigenvalue weighted by Gasteiger charge is -2.49. The van der Waals surface area contributed by atoms with Gasteiger partial charge in [0.1, 0.15) is 5.76 Å². The van der Waals surface area contributed by atoms with Crippen molar-refractivity contribution >= 4 is 33.7 Å². The van der Waals surface area contributed by atoms with Crippen LogP contribution in [-0.4, -0.2) is 16.0 Å². The summed E-state index contributed by atoms with van der Waals surface area (Å²) in [7, 11) is 0. The van der Waals surface area contributed by atoms with E-state index in [4.69, 9.17) is 4.74 Å². The quantitative estimate of drug-likeness (QED) is 0.535. The molecule has 3 aliphatic rings. The summed E-state index contributed by atoms with van der Waals surface area (Å²) in [6, 6.07) is 0. The van der Waals surface area contributed by atoms with Crippen LogP contribution in [0.1, 0.15) is 39.0 Å².